The number of carbonyl (C=O) groups excluding carboxylic acids is 1. The zero-order valence-corrected chi connectivity index (χ0v) is 16.9. The number of rotatable bonds is 7. The third kappa shape index (κ3) is 4.21. The van der Waals surface area contributed by atoms with Gasteiger partial charge in [-0.3, -0.25) is 4.79 Å². The van der Waals surface area contributed by atoms with Crippen molar-refractivity contribution in [3.8, 4) is 16.3 Å². The van der Waals surface area contributed by atoms with E-state index in [9.17, 15) is 4.79 Å². The summed E-state index contributed by atoms with van der Waals surface area (Å²) in [5.41, 5.74) is 2.56. The van der Waals surface area contributed by atoms with Gasteiger partial charge >= 0.3 is 5.97 Å². The molecule has 0 saturated heterocycles. The van der Waals surface area contributed by atoms with Crippen LogP contribution in [-0.4, -0.2) is 22.5 Å². The van der Waals surface area contributed by atoms with Crippen LogP contribution in [-0.2, 0) is 22.6 Å². The topological polar surface area (TPSA) is 61.3 Å². The summed E-state index contributed by atoms with van der Waals surface area (Å²) < 4.78 is 12.1. The van der Waals surface area contributed by atoms with Crippen molar-refractivity contribution < 1.29 is 14.3 Å². The van der Waals surface area contributed by atoms with E-state index in [1.807, 2.05) is 60.8 Å². The van der Waals surface area contributed by atoms with E-state index in [2.05, 4.69) is 9.97 Å². The molecule has 0 amide bonds. The summed E-state index contributed by atoms with van der Waals surface area (Å²) in [6.07, 6.45) is 0.137. The molecule has 4 rings (SSSR count). The van der Waals surface area contributed by atoms with Crippen molar-refractivity contribution in [2.75, 3.05) is 6.61 Å². The van der Waals surface area contributed by atoms with Gasteiger partial charge in [0.15, 0.2) is 0 Å². The maximum absolute atomic E-state index is 12.2. The Morgan fingerprint density at radius 3 is 2.75 bits per heavy atom. The van der Waals surface area contributed by atoms with Crippen molar-refractivity contribution in [3.05, 3.63) is 64.6 Å². The lowest BCUT2D eigenvalue weighted by atomic mass is 10.2. The Morgan fingerprint density at radius 2 is 1.89 bits per heavy atom. The number of aromatic nitrogens is 2. The van der Waals surface area contributed by atoms with Gasteiger partial charge in [-0.15, -0.1) is 22.7 Å². The molecule has 2 aromatic carbocycles. The lowest BCUT2D eigenvalue weighted by Gasteiger charge is -2.07. The van der Waals surface area contributed by atoms with Crippen LogP contribution in [0.5, 0.6) is 5.75 Å². The first-order chi connectivity index (χ1) is 13.7. The third-order valence-corrected chi connectivity index (χ3v) is 5.92. The van der Waals surface area contributed by atoms with E-state index >= 15 is 0 Å². The molecular formula is C21H18N2O3S2. The maximum atomic E-state index is 12.2. The van der Waals surface area contributed by atoms with Crippen LogP contribution in [0.15, 0.2) is 53.9 Å². The third-order valence-electron chi connectivity index (χ3n) is 3.99. The summed E-state index contributed by atoms with van der Waals surface area (Å²) in [6.45, 7) is 2.72. The highest BCUT2D eigenvalue weighted by Crippen LogP contribution is 2.32. The van der Waals surface area contributed by atoms with Crippen molar-refractivity contribution >= 4 is 38.9 Å². The van der Waals surface area contributed by atoms with Gasteiger partial charge in [-0.2, -0.15) is 0 Å². The Hall–Kier alpha value is -2.77. The lowest BCUT2D eigenvalue weighted by molar-refractivity contribution is -0.144. The summed E-state index contributed by atoms with van der Waals surface area (Å²) in [5.74, 6) is 0.485. The van der Waals surface area contributed by atoms with Crippen LogP contribution >= 0.6 is 22.7 Å². The molecule has 7 heteroatoms. The smallest absolute Gasteiger partial charge is 0.312 e. The molecule has 0 unspecified atom stereocenters. The highest BCUT2D eigenvalue weighted by atomic mass is 32.1. The largest absolute Gasteiger partial charge is 0.493 e. The fourth-order valence-corrected chi connectivity index (χ4v) is 4.49. The minimum Gasteiger partial charge on any atom is -0.493 e. The van der Waals surface area contributed by atoms with Crippen molar-refractivity contribution in [1.29, 1.82) is 0 Å². The Kier molecular flexibility index (Phi) is 5.64. The molecule has 0 spiro atoms. The first-order valence-electron chi connectivity index (χ1n) is 8.89. The second-order valence-corrected chi connectivity index (χ2v) is 7.96. The minimum absolute atomic E-state index is 0.137. The molecule has 0 fully saturated rings. The molecule has 0 saturated carbocycles. The second kappa shape index (κ2) is 8.50. The molecule has 0 bridgehead atoms. The van der Waals surface area contributed by atoms with Crippen LogP contribution in [0.4, 0.5) is 0 Å². The fraction of sp³-hybridized carbons (Fsp3) is 0.190. The average molecular weight is 411 g/mol. The Labute approximate surface area is 170 Å². The van der Waals surface area contributed by atoms with Gasteiger partial charge in [0.1, 0.15) is 22.4 Å². The normalized spacial score (nSPS) is 10.9. The summed E-state index contributed by atoms with van der Waals surface area (Å²) in [6, 6.07) is 15.7. The quantitative estimate of drug-likeness (QED) is 0.397. The van der Waals surface area contributed by atoms with E-state index in [0.29, 0.717) is 12.3 Å². The number of ether oxygens (including phenoxy) is 2. The van der Waals surface area contributed by atoms with E-state index in [4.69, 9.17) is 9.47 Å². The average Bonchev–Trinajstić information content (AvgIpc) is 3.33. The predicted molar refractivity (Wildman–Crippen MR) is 112 cm³/mol. The molecule has 0 atom stereocenters. The summed E-state index contributed by atoms with van der Waals surface area (Å²) in [4.78, 5) is 21.3. The van der Waals surface area contributed by atoms with Crippen LogP contribution in [0.25, 0.3) is 20.8 Å². The molecule has 5 nitrogen and oxygen atoms in total. The van der Waals surface area contributed by atoms with E-state index in [-0.39, 0.29) is 19.0 Å². The standard InChI is InChI=1S/C21H18N2O3S2/c1-2-25-17-9-5-3-7-15(17)21-22-14(13-27-21)11-20(24)26-12-19-23-16-8-4-6-10-18(16)28-19/h3-10,13H,2,11-12H2,1H3. The molecule has 28 heavy (non-hydrogen) atoms. The fourth-order valence-electron chi connectivity index (χ4n) is 2.76. The zero-order valence-electron chi connectivity index (χ0n) is 15.3. The van der Waals surface area contributed by atoms with Gasteiger partial charge in [0.05, 0.1) is 34.5 Å². The SMILES string of the molecule is CCOc1ccccc1-c1nc(CC(=O)OCc2nc3ccccc3s2)cs1. The van der Waals surface area contributed by atoms with Gasteiger partial charge in [-0.05, 0) is 31.2 Å². The minimum atomic E-state index is -0.311. The Bertz CT molecular complexity index is 1070. The number of hydrogen-bond acceptors (Lipinski definition) is 7. The second-order valence-electron chi connectivity index (χ2n) is 5.99. The molecule has 0 aliphatic heterocycles. The van der Waals surface area contributed by atoms with E-state index in [1.54, 1.807) is 0 Å². The molecule has 2 heterocycles. The van der Waals surface area contributed by atoms with Gasteiger partial charge in [-0.1, -0.05) is 24.3 Å². The summed E-state index contributed by atoms with van der Waals surface area (Å²) >= 11 is 3.03. The van der Waals surface area contributed by atoms with Crippen LogP contribution in [0.2, 0.25) is 0 Å². The van der Waals surface area contributed by atoms with Gasteiger partial charge in [0.25, 0.3) is 0 Å². The Morgan fingerprint density at radius 1 is 1.07 bits per heavy atom. The van der Waals surface area contributed by atoms with E-state index in [1.165, 1.54) is 22.7 Å². The van der Waals surface area contributed by atoms with Crippen LogP contribution in [0.1, 0.15) is 17.6 Å². The molecule has 0 N–H and O–H groups in total. The molecule has 0 radical (unpaired) electrons. The maximum Gasteiger partial charge on any atom is 0.312 e. The summed E-state index contributed by atoms with van der Waals surface area (Å²) in [5, 5.41) is 3.51. The summed E-state index contributed by atoms with van der Waals surface area (Å²) in [7, 11) is 0. The highest BCUT2D eigenvalue weighted by molar-refractivity contribution is 7.18. The molecule has 0 aliphatic carbocycles. The van der Waals surface area contributed by atoms with Crippen LogP contribution in [0, 0.1) is 0 Å². The first-order valence-corrected chi connectivity index (χ1v) is 10.6. The number of fused-ring (bicyclic) bond motifs is 1. The molecule has 142 valence electrons. The van der Waals surface area contributed by atoms with E-state index < -0.39 is 0 Å². The van der Waals surface area contributed by atoms with Crippen molar-refractivity contribution in [3.63, 3.8) is 0 Å². The lowest BCUT2D eigenvalue weighted by Crippen LogP contribution is -2.08. The number of benzene rings is 2. The van der Waals surface area contributed by atoms with Gasteiger partial charge in [0.2, 0.25) is 0 Å². The number of carbonyl (C=O) groups is 1. The van der Waals surface area contributed by atoms with Crippen LogP contribution < -0.4 is 4.74 Å². The van der Waals surface area contributed by atoms with Crippen molar-refractivity contribution in [2.45, 2.75) is 20.0 Å². The van der Waals surface area contributed by atoms with Crippen LogP contribution in [0.3, 0.4) is 0 Å². The van der Waals surface area contributed by atoms with Gasteiger partial charge in [0, 0.05) is 5.38 Å². The number of esters is 1. The van der Waals surface area contributed by atoms with Gasteiger partial charge in [-0.25, -0.2) is 9.97 Å². The first kappa shape index (κ1) is 18.6. The highest BCUT2D eigenvalue weighted by Gasteiger charge is 2.14. The Balaban J connectivity index is 1.39. The monoisotopic (exact) mass is 410 g/mol. The zero-order chi connectivity index (χ0) is 19.3. The number of nitrogens with zero attached hydrogens (tertiary/aromatic N) is 2. The number of para-hydroxylation sites is 2. The van der Waals surface area contributed by atoms with E-state index in [0.717, 1.165) is 31.5 Å². The number of hydrogen-bond donors (Lipinski definition) is 0. The molecule has 2 aromatic heterocycles. The molecular weight excluding hydrogens is 392 g/mol. The molecule has 0 aliphatic rings. The van der Waals surface area contributed by atoms with Crippen molar-refractivity contribution in [2.24, 2.45) is 0 Å². The molecule has 4 aromatic rings. The van der Waals surface area contributed by atoms with Crippen molar-refractivity contribution in [1.82, 2.24) is 9.97 Å². The number of thiazole rings is 2. The predicted octanol–water partition coefficient (Wildman–Crippen LogP) is 5.10. The van der Waals surface area contributed by atoms with Gasteiger partial charge < -0.3 is 9.47 Å².